The van der Waals surface area contributed by atoms with Crippen molar-refractivity contribution in [1.29, 1.82) is 0 Å². The fourth-order valence-corrected chi connectivity index (χ4v) is 2.73. The van der Waals surface area contributed by atoms with E-state index in [0.717, 1.165) is 4.90 Å². The smallest absolute Gasteiger partial charge is 0.268 e. The van der Waals surface area contributed by atoms with E-state index in [2.05, 4.69) is 5.43 Å². The largest absolute Gasteiger partial charge is 0.465 e. The van der Waals surface area contributed by atoms with Crippen LogP contribution in [0.25, 0.3) is 0 Å². The monoisotopic (exact) mass is 311 g/mol. The van der Waals surface area contributed by atoms with Crippen molar-refractivity contribution < 1.29 is 9.21 Å². The average molecular weight is 312 g/mol. The first-order chi connectivity index (χ1) is 9.51. The quantitative estimate of drug-likeness (QED) is 0.265. The van der Waals surface area contributed by atoms with Crippen molar-refractivity contribution in [1.82, 2.24) is 5.43 Å². The maximum atomic E-state index is 11.5. The van der Waals surface area contributed by atoms with E-state index in [-0.39, 0.29) is 5.91 Å². The van der Waals surface area contributed by atoms with Gasteiger partial charge in [0.2, 0.25) is 0 Å². The first-order valence-corrected chi connectivity index (χ1v) is 7.15. The molecule has 0 unspecified atom stereocenters. The molecule has 0 fully saturated rings. The third-order valence-electron chi connectivity index (χ3n) is 2.69. The van der Waals surface area contributed by atoms with E-state index < -0.39 is 0 Å². The van der Waals surface area contributed by atoms with Gasteiger partial charge in [-0.3, -0.25) is 10.2 Å². The van der Waals surface area contributed by atoms with E-state index in [1.54, 1.807) is 25.1 Å². The lowest BCUT2D eigenvalue weighted by Gasteiger charge is -2.04. The molecule has 106 valence electrons. The SMILES string of the molecule is Cc1oc(CSc2ccc(Cl)cc2N)cc1C(=O)NN. The molecular weight excluding hydrogens is 298 g/mol. The number of rotatable bonds is 4. The molecule has 0 aliphatic heterocycles. The number of hydrazine groups is 1. The summed E-state index contributed by atoms with van der Waals surface area (Å²) in [7, 11) is 0. The van der Waals surface area contributed by atoms with Gasteiger partial charge in [0, 0.05) is 15.6 Å². The maximum Gasteiger partial charge on any atom is 0.268 e. The van der Waals surface area contributed by atoms with Crippen LogP contribution in [0.5, 0.6) is 0 Å². The lowest BCUT2D eigenvalue weighted by Crippen LogP contribution is -2.30. The highest BCUT2D eigenvalue weighted by atomic mass is 35.5. The van der Waals surface area contributed by atoms with Crippen LogP contribution in [0.2, 0.25) is 5.02 Å². The molecule has 0 aliphatic carbocycles. The maximum absolute atomic E-state index is 11.5. The molecule has 0 aliphatic rings. The summed E-state index contributed by atoms with van der Waals surface area (Å²) >= 11 is 7.35. The highest BCUT2D eigenvalue weighted by molar-refractivity contribution is 7.98. The van der Waals surface area contributed by atoms with Gasteiger partial charge in [-0.15, -0.1) is 11.8 Å². The Morgan fingerprint density at radius 1 is 1.45 bits per heavy atom. The summed E-state index contributed by atoms with van der Waals surface area (Å²) in [6.07, 6.45) is 0. The molecule has 1 aromatic carbocycles. The number of nitrogens with one attached hydrogen (secondary N) is 1. The molecule has 0 radical (unpaired) electrons. The van der Waals surface area contributed by atoms with E-state index in [4.69, 9.17) is 27.6 Å². The molecule has 0 saturated heterocycles. The lowest BCUT2D eigenvalue weighted by molar-refractivity contribution is 0.0952. The van der Waals surface area contributed by atoms with Gasteiger partial charge in [-0.25, -0.2) is 5.84 Å². The highest BCUT2D eigenvalue weighted by Gasteiger charge is 2.14. The average Bonchev–Trinajstić information content (AvgIpc) is 2.78. The second-order valence-corrected chi connectivity index (χ2v) is 5.58. The summed E-state index contributed by atoms with van der Waals surface area (Å²) in [6.45, 7) is 1.72. The molecule has 1 heterocycles. The van der Waals surface area contributed by atoms with E-state index in [0.29, 0.717) is 33.5 Å². The van der Waals surface area contributed by atoms with Crippen LogP contribution in [0.15, 0.2) is 33.6 Å². The van der Waals surface area contributed by atoms with Crippen LogP contribution in [0.4, 0.5) is 5.69 Å². The fourth-order valence-electron chi connectivity index (χ4n) is 1.72. The number of furan rings is 1. The summed E-state index contributed by atoms with van der Waals surface area (Å²) < 4.78 is 5.52. The van der Waals surface area contributed by atoms with Gasteiger partial charge in [0.05, 0.1) is 11.3 Å². The van der Waals surface area contributed by atoms with Crippen LogP contribution in [0, 0.1) is 6.92 Å². The number of nitrogen functional groups attached to an aromatic ring is 2. The van der Waals surface area contributed by atoms with Gasteiger partial charge in [0.25, 0.3) is 5.91 Å². The Balaban J connectivity index is 2.09. The van der Waals surface area contributed by atoms with E-state index in [9.17, 15) is 4.79 Å². The number of amides is 1. The van der Waals surface area contributed by atoms with Crippen molar-refractivity contribution in [3.05, 3.63) is 46.4 Å². The van der Waals surface area contributed by atoms with E-state index in [1.807, 2.05) is 6.07 Å². The Labute approximate surface area is 125 Å². The summed E-state index contributed by atoms with van der Waals surface area (Å²) in [6, 6.07) is 7.01. The molecule has 2 rings (SSSR count). The number of thioether (sulfide) groups is 1. The fraction of sp³-hybridized carbons (Fsp3) is 0.154. The molecule has 7 heteroatoms. The van der Waals surface area contributed by atoms with Gasteiger partial charge in [0.15, 0.2) is 0 Å². The van der Waals surface area contributed by atoms with Crippen LogP contribution in [-0.2, 0) is 5.75 Å². The van der Waals surface area contributed by atoms with Crippen LogP contribution in [0.1, 0.15) is 21.9 Å². The van der Waals surface area contributed by atoms with Crippen LogP contribution in [-0.4, -0.2) is 5.91 Å². The molecule has 0 bridgehead atoms. The molecule has 0 saturated carbocycles. The number of carbonyl (C=O) groups excluding carboxylic acids is 1. The van der Waals surface area contributed by atoms with Gasteiger partial charge in [-0.1, -0.05) is 11.6 Å². The molecule has 1 aromatic heterocycles. The first kappa shape index (κ1) is 14.8. The topological polar surface area (TPSA) is 94.3 Å². The zero-order valence-corrected chi connectivity index (χ0v) is 12.3. The Morgan fingerprint density at radius 3 is 2.85 bits per heavy atom. The summed E-state index contributed by atoms with van der Waals surface area (Å²) in [4.78, 5) is 12.4. The summed E-state index contributed by atoms with van der Waals surface area (Å²) in [5.41, 5.74) is 9.01. The minimum atomic E-state index is -0.367. The predicted molar refractivity (Wildman–Crippen MR) is 80.5 cm³/mol. The van der Waals surface area contributed by atoms with Gasteiger partial charge < -0.3 is 10.2 Å². The normalized spacial score (nSPS) is 10.6. The number of hydrogen-bond acceptors (Lipinski definition) is 5. The third-order valence-corrected chi connectivity index (χ3v) is 4.03. The van der Waals surface area contributed by atoms with Crippen molar-refractivity contribution >= 4 is 35.0 Å². The molecule has 5 N–H and O–H groups in total. The van der Waals surface area contributed by atoms with Crippen molar-refractivity contribution in [3.63, 3.8) is 0 Å². The number of benzene rings is 1. The number of aryl methyl sites for hydroxylation is 1. The zero-order chi connectivity index (χ0) is 14.7. The number of halogens is 1. The molecule has 0 spiro atoms. The molecular formula is C13H14ClN3O2S. The van der Waals surface area contributed by atoms with Gasteiger partial charge in [0.1, 0.15) is 11.5 Å². The number of nitrogens with two attached hydrogens (primary N) is 2. The molecule has 20 heavy (non-hydrogen) atoms. The number of carbonyl (C=O) groups is 1. The Kier molecular flexibility index (Phi) is 4.59. The Bertz CT molecular complexity index is 643. The summed E-state index contributed by atoms with van der Waals surface area (Å²) in [5.74, 6) is 6.51. The Morgan fingerprint density at radius 2 is 2.20 bits per heavy atom. The highest BCUT2D eigenvalue weighted by Crippen LogP contribution is 2.31. The van der Waals surface area contributed by atoms with Crippen LogP contribution in [0.3, 0.4) is 0 Å². The Hall–Kier alpha value is -1.63. The molecule has 0 atom stereocenters. The minimum Gasteiger partial charge on any atom is -0.465 e. The second kappa shape index (κ2) is 6.21. The van der Waals surface area contributed by atoms with Crippen LogP contribution < -0.4 is 17.0 Å². The van der Waals surface area contributed by atoms with Gasteiger partial charge in [-0.05, 0) is 31.2 Å². The lowest BCUT2D eigenvalue weighted by atomic mass is 10.2. The van der Waals surface area contributed by atoms with Crippen molar-refractivity contribution in [2.24, 2.45) is 5.84 Å². The van der Waals surface area contributed by atoms with Gasteiger partial charge >= 0.3 is 0 Å². The third kappa shape index (κ3) is 3.27. The van der Waals surface area contributed by atoms with Crippen molar-refractivity contribution in [2.75, 3.05) is 5.73 Å². The molecule has 2 aromatic rings. The number of hydrogen-bond donors (Lipinski definition) is 3. The molecule has 5 nitrogen and oxygen atoms in total. The first-order valence-electron chi connectivity index (χ1n) is 5.79. The van der Waals surface area contributed by atoms with Crippen molar-refractivity contribution in [2.45, 2.75) is 17.6 Å². The minimum absolute atomic E-state index is 0.367. The van der Waals surface area contributed by atoms with Crippen molar-refractivity contribution in [3.8, 4) is 0 Å². The van der Waals surface area contributed by atoms with Crippen LogP contribution >= 0.6 is 23.4 Å². The standard InChI is InChI=1S/C13H14ClN3O2S/c1-7-10(13(18)17-16)5-9(19-7)6-20-12-3-2-8(14)4-11(12)15/h2-5H,6,15-16H2,1H3,(H,17,18). The summed E-state index contributed by atoms with van der Waals surface area (Å²) in [5, 5.41) is 0.600. The van der Waals surface area contributed by atoms with E-state index >= 15 is 0 Å². The second-order valence-electron chi connectivity index (χ2n) is 4.13. The van der Waals surface area contributed by atoms with E-state index in [1.165, 1.54) is 11.8 Å². The predicted octanol–water partition coefficient (Wildman–Crippen LogP) is 2.72. The molecule has 1 amide bonds. The van der Waals surface area contributed by atoms with Gasteiger partial charge in [-0.2, -0.15) is 0 Å². The zero-order valence-electron chi connectivity index (χ0n) is 10.8. The number of anilines is 1.